The summed E-state index contributed by atoms with van der Waals surface area (Å²) in [7, 11) is 0. The summed E-state index contributed by atoms with van der Waals surface area (Å²) in [4.78, 5) is 9.80. The van der Waals surface area contributed by atoms with Crippen molar-refractivity contribution in [2.75, 3.05) is 6.54 Å². The molecule has 0 atom stereocenters. The highest BCUT2D eigenvalue weighted by molar-refractivity contribution is 4.83. The minimum absolute atomic E-state index is 0.331. The number of hydrogen-bond donors (Lipinski definition) is 0. The quantitative estimate of drug-likeness (QED) is 0.233. The fraction of sp³-hybridized carbons (Fsp3) is 0.867. The molecule has 0 radical (unpaired) electrons. The summed E-state index contributed by atoms with van der Waals surface area (Å²) in [5, 5.41) is 2.79. The first-order valence-corrected chi connectivity index (χ1v) is 7.36. The van der Waals surface area contributed by atoms with Gasteiger partial charge in [0.1, 0.15) is 0 Å². The third kappa shape index (κ3) is 15.3. The van der Waals surface area contributed by atoms with E-state index >= 15 is 0 Å². The van der Waals surface area contributed by atoms with Crippen molar-refractivity contribution in [1.29, 1.82) is 0 Å². The van der Waals surface area contributed by atoms with Crippen LogP contribution in [0.15, 0.2) is 17.3 Å². The van der Waals surface area contributed by atoms with E-state index in [-0.39, 0.29) is 0 Å². The Balaban J connectivity index is 2.96. The van der Waals surface area contributed by atoms with Crippen molar-refractivity contribution >= 4 is 0 Å². The lowest BCUT2D eigenvalue weighted by Crippen LogP contribution is -1.81. The van der Waals surface area contributed by atoms with Gasteiger partial charge in [-0.15, -0.1) is 0 Å². The Morgan fingerprint density at radius 1 is 0.765 bits per heavy atom. The van der Waals surface area contributed by atoms with Gasteiger partial charge in [0.15, 0.2) is 0 Å². The number of hydrogen-bond acceptors (Lipinski definition) is 2. The maximum atomic E-state index is 9.80. The van der Waals surface area contributed by atoms with Gasteiger partial charge < -0.3 is 0 Å². The van der Waals surface area contributed by atoms with Crippen molar-refractivity contribution in [1.82, 2.24) is 0 Å². The van der Waals surface area contributed by atoms with E-state index in [4.69, 9.17) is 0 Å². The molecule has 0 saturated carbocycles. The van der Waals surface area contributed by atoms with Gasteiger partial charge in [0.05, 0.1) is 6.54 Å². The van der Waals surface area contributed by atoms with Gasteiger partial charge in [-0.1, -0.05) is 82.0 Å². The largest absolute Gasteiger partial charge is 0.150 e. The first-order chi connectivity index (χ1) is 8.41. The highest BCUT2D eigenvalue weighted by Crippen LogP contribution is 2.11. The lowest BCUT2D eigenvalue weighted by atomic mass is 10.1. The smallest absolute Gasteiger partial charge is 0.0992 e. The first-order valence-electron chi connectivity index (χ1n) is 7.36. The van der Waals surface area contributed by atoms with Crippen LogP contribution in [0, 0.1) is 4.91 Å². The van der Waals surface area contributed by atoms with Crippen LogP contribution >= 0.6 is 0 Å². The third-order valence-electron chi connectivity index (χ3n) is 3.07. The van der Waals surface area contributed by atoms with Crippen LogP contribution in [0.5, 0.6) is 0 Å². The van der Waals surface area contributed by atoms with Crippen LogP contribution in [0.1, 0.15) is 77.6 Å². The predicted molar refractivity (Wildman–Crippen MR) is 76.3 cm³/mol. The molecule has 2 heteroatoms. The van der Waals surface area contributed by atoms with E-state index in [0.29, 0.717) is 6.54 Å². The van der Waals surface area contributed by atoms with E-state index in [1.807, 2.05) is 6.08 Å². The van der Waals surface area contributed by atoms with Crippen LogP contribution in [0.4, 0.5) is 0 Å². The average molecular weight is 239 g/mol. The van der Waals surface area contributed by atoms with Gasteiger partial charge in [0.2, 0.25) is 0 Å². The van der Waals surface area contributed by atoms with Gasteiger partial charge in [-0.2, -0.15) is 4.91 Å². The Kier molecular flexibility index (Phi) is 14.7. The van der Waals surface area contributed by atoms with Crippen LogP contribution in [0.2, 0.25) is 0 Å². The molecule has 0 N–H and O–H groups in total. The fourth-order valence-corrected chi connectivity index (χ4v) is 1.99. The molecule has 0 spiro atoms. The normalized spacial score (nSPS) is 11.1. The average Bonchev–Trinajstić information content (AvgIpc) is 2.35. The lowest BCUT2D eigenvalue weighted by Gasteiger charge is -2.01. The van der Waals surface area contributed by atoms with Crippen LogP contribution in [0.3, 0.4) is 0 Å². The second-order valence-corrected chi connectivity index (χ2v) is 4.75. The Morgan fingerprint density at radius 2 is 1.29 bits per heavy atom. The number of allylic oxidation sites excluding steroid dienone is 1. The van der Waals surface area contributed by atoms with E-state index in [9.17, 15) is 4.91 Å². The molecule has 0 unspecified atom stereocenters. The van der Waals surface area contributed by atoms with Crippen molar-refractivity contribution in [2.45, 2.75) is 77.6 Å². The highest BCUT2D eigenvalue weighted by atomic mass is 16.3. The van der Waals surface area contributed by atoms with Crippen molar-refractivity contribution in [3.8, 4) is 0 Å². The topological polar surface area (TPSA) is 29.4 Å². The second-order valence-electron chi connectivity index (χ2n) is 4.75. The second kappa shape index (κ2) is 15.3. The van der Waals surface area contributed by atoms with Crippen LogP contribution < -0.4 is 0 Å². The number of rotatable bonds is 13. The summed E-state index contributed by atoms with van der Waals surface area (Å²) in [6, 6.07) is 0. The van der Waals surface area contributed by atoms with Crippen molar-refractivity contribution in [2.24, 2.45) is 5.18 Å². The monoisotopic (exact) mass is 239 g/mol. The SMILES string of the molecule is CCCCCCCCCCCCC=CCN=O. The molecule has 0 rings (SSSR count). The van der Waals surface area contributed by atoms with Gasteiger partial charge in [-0.3, -0.25) is 0 Å². The van der Waals surface area contributed by atoms with E-state index in [2.05, 4.69) is 18.2 Å². The molecular formula is C15H29NO. The molecule has 0 bridgehead atoms. The van der Waals surface area contributed by atoms with Gasteiger partial charge in [-0.25, -0.2) is 0 Å². The number of nitroso groups, excluding NO2 is 1. The van der Waals surface area contributed by atoms with Gasteiger partial charge >= 0.3 is 0 Å². The Labute approximate surface area is 107 Å². The molecule has 0 aliphatic rings. The van der Waals surface area contributed by atoms with E-state index in [1.165, 1.54) is 64.2 Å². The highest BCUT2D eigenvalue weighted by Gasteiger charge is 1.91. The summed E-state index contributed by atoms with van der Waals surface area (Å²) in [5.41, 5.74) is 0. The Bertz CT molecular complexity index is 178. The summed E-state index contributed by atoms with van der Waals surface area (Å²) in [6.07, 6.45) is 18.8. The summed E-state index contributed by atoms with van der Waals surface area (Å²) >= 11 is 0. The zero-order chi connectivity index (χ0) is 12.6. The molecule has 0 aliphatic heterocycles. The molecule has 0 aromatic rings. The van der Waals surface area contributed by atoms with E-state index < -0.39 is 0 Å². The Hall–Kier alpha value is -0.660. The summed E-state index contributed by atoms with van der Waals surface area (Å²) in [6.45, 7) is 2.59. The van der Waals surface area contributed by atoms with Crippen molar-refractivity contribution in [3.05, 3.63) is 17.1 Å². The molecule has 0 fully saturated rings. The van der Waals surface area contributed by atoms with Crippen LogP contribution in [-0.2, 0) is 0 Å². The van der Waals surface area contributed by atoms with Gasteiger partial charge in [-0.05, 0) is 12.8 Å². The predicted octanol–water partition coefficient (Wildman–Crippen LogP) is 5.62. The molecular weight excluding hydrogens is 210 g/mol. The van der Waals surface area contributed by atoms with E-state index in [0.717, 1.165) is 6.42 Å². The maximum Gasteiger partial charge on any atom is 0.0992 e. The lowest BCUT2D eigenvalue weighted by molar-refractivity contribution is 0.557. The zero-order valence-electron chi connectivity index (χ0n) is 11.5. The molecule has 0 heterocycles. The molecule has 100 valence electrons. The zero-order valence-corrected chi connectivity index (χ0v) is 11.5. The molecule has 0 saturated heterocycles. The van der Waals surface area contributed by atoms with Gasteiger partial charge in [0.25, 0.3) is 0 Å². The van der Waals surface area contributed by atoms with Crippen LogP contribution in [0.25, 0.3) is 0 Å². The Morgan fingerprint density at radius 3 is 1.82 bits per heavy atom. The molecule has 0 aliphatic carbocycles. The molecule has 2 nitrogen and oxygen atoms in total. The number of unbranched alkanes of at least 4 members (excludes halogenated alkanes) is 10. The maximum absolute atomic E-state index is 9.80. The van der Waals surface area contributed by atoms with E-state index in [1.54, 1.807) is 0 Å². The molecule has 17 heavy (non-hydrogen) atoms. The van der Waals surface area contributed by atoms with Crippen molar-refractivity contribution < 1.29 is 0 Å². The summed E-state index contributed by atoms with van der Waals surface area (Å²) in [5.74, 6) is 0. The molecule has 0 aromatic carbocycles. The number of nitrogens with zero attached hydrogens (tertiary/aromatic N) is 1. The standard InChI is InChI=1S/C15H29NO/c1-2-3-4-5-6-7-8-9-10-11-12-13-14-15-16-17/h13-14H,2-12,15H2,1H3. The molecule has 0 amide bonds. The third-order valence-corrected chi connectivity index (χ3v) is 3.07. The summed E-state index contributed by atoms with van der Waals surface area (Å²) < 4.78 is 0. The van der Waals surface area contributed by atoms with Crippen molar-refractivity contribution in [3.63, 3.8) is 0 Å². The first kappa shape index (κ1) is 16.3. The molecule has 0 aromatic heterocycles. The minimum atomic E-state index is 0.331. The van der Waals surface area contributed by atoms with Crippen LogP contribution in [-0.4, -0.2) is 6.54 Å². The minimum Gasteiger partial charge on any atom is -0.150 e. The van der Waals surface area contributed by atoms with Gasteiger partial charge in [0, 0.05) is 0 Å². The fourth-order valence-electron chi connectivity index (χ4n) is 1.99.